The summed E-state index contributed by atoms with van der Waals surface area (Å²) in [5.41, 5.74) is 4.00. The van der Waals surface area contributed by atoms with Crippen LogP contribution in [0.4, 0.5) is 10.5 Å². The Labute approximate surface area is 218 Å². The van der Waals surface area contributed by atoms with Crippen LogP contribution >= 0.6 is 22.9 Å². The zero-order chi connectivity index (χ0) is 25.2. The summed E-state index contributed by atoms with van der Waals surface area (Å²) >= 11 is 8.02. The minimum absolute atomic E-state index is 0.0980. The number of halogens is 1. The lowest BCUT2D eigenvalue weighted by molar-refractivity contribution is 0.103. The molecule has 0 atom stereocenters. The van der Waals surface area contributed by atoms with Gasteiger partial charge in [0.05, 0.1) is 17.1 Å². The number of hydrogen-bond donors (Lipinski definition) is 2. The van der Waals surface area contributed by atoms with Crippen molar-refractivity contribution in [2.24, 2.45) is 0 Å². The highest BCUT2D eigenvalue weighted by Crippen LogP contribution is 2.39. The van der Waals surface area contributed by atoms with Crippen LogP contribution in [-0.2, 0) is 19.4 Å². The Morgan fingerprint density at radius 1 is 1.06 bits per heavy atom. The van der Waals surface area contributed by atoms with E-state index in [9.17, 15) is 9.59 Å². The van der Waals surface area contributed by atoms with Crippen molar-refractivity contribution in [2.45, 2.75) is 46.1 Å². The molecule has 2 amide bonds. The monoisotopic (exact) mass is 519 g/mol. The van der Waals surface area contributed by atoms with Crippen LogP contribution in [-0.4, -0.2) is 26.6 Å². The van der Waals surface area contributed by atoms with Crippen molar-refractivity contribution >= 4 is 40.4 Å². The van der Waals surface area contributed by atoms with Crippen LogP contribution < -0.4 is 10.6 Å². The molecule has 0 fully saturated rings. The summed E-state index contributed by atoms with van der Waals surface area (Å²) in [4.78, 5) is 27.6. The number of fused-ring (bicyclic) bond motifs is 1. The van der Waals surface area contributed by atoms with Gasteiger partial charge in [0.25, 0.3) is 0 Å². The summed E-state index contributed by atoms with van der Waals surface area (Å²) < 4.78 is 1.89. The van der Waals surface area contributed by atoms with E-state index in [0.29, 0.717) is 33.5 Å². The number of nitrogens with zero attached hydrogens (tertiary/aromatic N) is 3. The lowest BCUT2D eigenvalue weighted by Gasteiger charge is -2.14. The van der Waals surface area contributed by atoms with Gasteiger partial charge in [-0.3, -0.25) is 9.36 Å². The van der Waals surface area contributed by atoms with E-state index in [2.05, 4.69) is 20.8 Å². The second kappa shape index (κ2) is 10.2. The first kappa shape index (κ1) is 24.2. The van der Waals surface area contributed by atoms with Gasteiger partial charge in [-0.05, 0) is 74.9 Å². The highest BCUT2D eigenvalue weighted by Gasteiger charge is 2.29. The molecular weight excluding hydrogens is 494 g/mol. The molecule has 184 valence electrons. The Morgan fingerprint density at radius 2 is 1.86 bits per heavy atom. The molecule has 9 heteroatoms. The Balaban J connectivity index is 1.48. The van der Waals surface area contributed by atoms with Crippen molar-refractivity contribution in [3.63, 3.8) is 0 Å². The van der Waals surface area contributed by atoms with Crippen molar-refractivity contribution in [2.75, 3.05) is 5.32 Å². The molecule has 2 N–H and O–H groups in total. The van der Waals surface area contributed by atoms with Crippen LogP contribution in [0.2, 0.25) is 5.02 Å². The van der Waals surface area contributed by atoms with E-state index in [4.69, 9.17) is 11.6 Å². The molecule has 1 aliphatic rings. The number of carbonyl (C=O) groups is 2. The average Bonchev–Trinajstić information content (AvgIpc) is 3.42. The summed E-state index contributed by atoms with van der Waals surface area (Å²) in [5, 5.41) is 15.5. The maximum Gasteiger partial charge on any atom is 0.319 e. The number of nitrogens with one attached hydrogen (secondary N) is 2. The molecule has 0 aliphatic heterocycles. The number of urea groups is 1. The standard InChI is InChI=1S/C27H26ClN5O2S/c1-16-8-7-9-18(14-16)30-27(35)29-15-23-32-31-17(2)33(23)26-24(20-11-4-6-13-22(20)36-26)25(34)19-10-3-5-12-21(19)28/h3,5,7-10,12,14H,4,6,11,13,15H2,1-2H3,(H2,29,30,35). The number of ketones is 1. The summed E-state index contributed by atoms with van der Waals surface area (Å²) in [6, 6.07) is 14.4. The maximum atomic E-state index is 13.8. The van der Waals surface area contributed by atoms with Crippen LogP contribution in [0.5, 0.6) is 0 Å². The van der Waals surface area contributed by atoms with E-state index in [-0.39, 0.29) is 18.4 Å². The Bertz CT molecular complexity index is 1460. The average molecular weight is 520 g/mol. The van der Waals surface area contributed by atoms with Gasteiger partial charge in [0.1, 0.15) is 10.8 Å². The minimum Gasteiger partial charge on any atom is -0.331 e. The molecule has 0 bridgehead atoms. The van der Waals surface area contributed by atoms with E-state index in [1.165, 1.54) is 4.88 Å². The van der Waals surface area contributed by atoms with Crippen LogP contribution in [0.15, 0.2) is 48.5 Å². The van der Waals surface area contributed by atoms with Crippen LogP contribution in [0.1, 0.15) is 56.4 Å². The van der Waals surface area contributed by atoms with Gasteiger partial charge in [0, 0.05) is 16.1 Å². The largest absolute Gasteiger partial charge is 0.331 e. The number of aryl methyl sites for hydroxylation is 3. The summed E-state index contributed by atoms with van der Waals surface area (Å²) in [6.07, 6.45) is 3.93. The lowest BCUT2D eigenvalue weighted by Crippen LogP contribution is -2.29. The molecule has 5 rings (SSSR count). The second-order valence-corrected chi connectivity index (χ2v) is 10.4. The quantitative estimate of drug-likeness (QED) is 0.304. The highest BCUT2D eigenvalue weighted by atomic mass is 35.5. The molecule has 0 unspecified atom stereocenters. The lowest BCUT2D eigenvalue weighted by atomic mass is 9.92. The number of thiophene rings is 1. The molecule has 2 heterocycles. The van der Waals surface area contributed by atoms with Crippen molar-refractivity contribution in [1.29, 1.82) is 0 Å². The van der Waals surface area contributed by atoms with Gasteiger partial charge in [0.2, 0.25) is 0 Å². The van der Waals surface area contributed by atoms with Gasteiger partial charge in [-0.1, -0.05) is 35.9 Å². The number of rotatable bonds is 6. The van der Waals surface area contributed by atoms with Gasteiger partial charge >= 0.3 is 6.03 Å². The smallest absolute Gasteiger partial charge is 0.319 e. The first-order valence-electron chi connectivity index (χ1n) is 11.9. The molecule has 0 saturated heterocycles. The van der Waals surface area contributed by atoms with Gasteiger partial charge in [-0.15, -0.1) is 21.5 Å². The summed E-state index contributed by atoms with van der Waals surface area (Å²) in [7, 11) is 0. The van der Waals surface area contributed by atoms with E-state index < -0.39 is 0 Å². The Hall–Kier alpha value is -3.49. The third kappa shape index (κ3) is 4.79. The maximum absolute atomic E-state index is 13.8. The molecule has 0 radical (unpaired) electrons. The number of benzene rings is 2. The number of aromatic nitrogens is 3. The number of amides is 2. The molecular formula is C27H26ClN5O2S. The van der Waals surface area contributed by atoms with Gasteiger partial charge in [-0.2, -0.15) is 0 Å². The number of carbonyl (C=O) groups excluding carboxylic acids is 2. The molecule has 36 heavy (non-hydrogen) atoms. The van der Waals surface area contributed by atoms with Crippen LogP contribution in [0, 0.1) is 13.8 Å². The summed E-state index contributed by atoms with van der Waals surface area (Å²) in [6.45, 7) is 3.98. The first-order chi connectivity index (χ1) is 17.4. The van der Waals surface area contributed by atoms with Crippen molar-refractivity contribution < 1.29 is 9.59 Å². The molecule has 7 nitrogen and oxygen atoms in total. The Kier molecular flexibility index (Phi) is 6.89. The third-order valence-corrected chi connectivity index (χ3v) is 7.88. The van der Waals surface area contributed by atoms with Crippen molar-refractivity contribution in [1.82, 2.24) is 20.1 Å². The fraction of sp³-hybridized carbons (Fsp3) is 0.259. The zero-order valence-electron chi connectivity index (χ0n) is 20.1. The molecule has 2 aromatic heterocycles. The number of hydrogen-bond acceptors (Lipinski definition) is 5. The highest BCUT2D eigenvalue weighted by molar-refractivity contribution is 7.15. The SMILES string of the molecule is Cc1cccc(NC(=O)NCc2nnc(C)n2-c2sc3c(c2C(=O)c2ccccc2Cl)CCCC3)c1. The molecule has 0 spiro atoms. The van der Waals surface area contributed by atoms with E-state index >= 15 is 0 Å². The second-order valence-electron chi connectivity index (χ2n) is 8.88. The third-order valence-electron chi connectivity index (χ3n) is 6.28. The zero-order valence-corrected chi connectivity index (χ0v) is 21.7. The molecule has 0 saturated carbocycles. The van der Waals surface area contributed by atoms with Gasteiger partial charge in [0.15, 0.2) is 11.6 Å². The van der Waals surface area contributed by atoms with E-state index in [1.54, 1.807) is 23.5 Å². The van der Waals surface area contributed by atoms with Crippen molar-refractivity contribution in [3.05, 3.63) is 92.3 Å². The van der Waals surface area contributed by atoms with Crippen molar-refractivity contribution in [3.8, 4) is 5.00 Å². The van der Waals surface area contributed by atoms with E-state index in [1.807, 2.05) is 54.8 Å². The predicted molar refractivity (Wildman–Crippen MR) is 143 cm³/mol. The first-order valence-corrected chi connectivity index (χ1v) is 13.1. The fourth-order valence-corrected chi connectivity index (χ4v) is 6.24. The van der Waals surface area contributed by atoms with E-state index in [0.717, 1.165) is 41.8 Å². The predicted octanol–water partition coefficient (Wildman–Crippen LogP) is 6.03. The minimum atomic E-state index is -0.342. The Morgan fingerprint density at radius 3 is 2.67 bits per heavy atom. The molecule has 1 aliphatic carbocycles. The molecule has 4 aromatic rings. The number of anilines is 1. The van der Waals surface area contributed by atoms with Gasteiger partial charge < -0.3 is 10.6 Å². The normalized spacial score (nSPS) is 12.8. The molecule has 2 aromatic carbocycles. The van der Waals surface area contributed by atoms with Gasteiger partial charge in [-0.25, -0.2) is 4.79 Å². The van der Waals surface area contributed by atoms with Crippen LogP contribution in [0.25, 0.3) is 5.00 Å². The summed E-state index contributed by atoms with van der Waals surface area (Å²) in [5.74, 6) is 1.11. The van der Waals surface area contributed by atoms with Crippen LogP contribution in [0.3, 0.4) is 0 Å². The topological polar surface area (TPSA) is 88.9 Å². The fourth-order valence-electron chi connectivity index (χ4n) is 4.57.